The Bertz CT molecular complexity index is 749. The van der Waals surface area contributed by atoms with Gasteiger partial charge in [-0.3, -0.25) is 0 Å². The summed E-state index contributed by atoms with van der Waals surface area (Å²) in [6, 6.07) is 0.715. The lowest BCUT2D eigenvalue weighted by Gasteiger charge is -2.19. The SMILES string of the molecule is CCC(COc1ncc(Cl)cc1F)Nc1nc(C)nc(C(F)F)c1Cl. The van der Waals surface area contributed by atoms with E-state index in [4.69, 9.17) is 27.9 Å². The summed E-state index contributed by atoms with van der Waals surface area (Å²) in [5.41, 5.74) is -0.544. The number of pyridine rings is 1. The molecule has 1 N–H and O–H groups in total. The van der Waals surface area contributed by atoms with Gasteiger partial charge in [0.25, 0.3) is 12.3 Å². The zero-order valence-corrected chi connectivity index (χ0v) is 14.9. The molecule has 136 valence electrons. The van der Waals surface area contributed by atoms with Crippen LogP contribution in [0, 0.1) is 12.7 Å². The molecule has 0 fully saturated rings. The summed E-state index contributed by atoms with van der Waals surface area (Å²) in [4.78, 5) is 11.4. The molecule has 0 saturated heterocycles. The summed E-state index contributed by atoms with van der Waals surface area (Å²) in [6.45, 7) is 3.34. The standard InChI is InChI=1S/C15H15Cl2F3N4O/c1-3-9(6-25-15-10(18)4-8(16)5-21-15)24-14-11(17)12(13(19)20)22-7(2)23-14/h4-5,9,13H,3,6H2,1-2H3,(H,22,23,24). The van der Waals surface area contributed by atoms with E-state index >= 15 is 0 Å². The maximum absolute atomic E-state index is 13.7. The number of aromatic nitrogens is 3. The van der Waals surface area contributed by atoms with E-state index in [1.165, 1.54) is 13.1 Å². The van der Waals surface area contributed by atoms with Gasteiger partial charge in [0, 0.05) is 6.20 Å². The molecule has 0 radical (unpaired) electrons. The zero-order valence-electron chi connectivity index (χ0n) is 13.4. The van der Waals surface area contributed by atoms with Crippen molar-refractivity contribution in [3.8, 4) is 5.88 Å². The van der Waals surface area contributed by atoms with Crippen molar-refractivity contribution in [2.24, 2.45) is 0 Å². The van der Waals surface area contributed by atoms with E-state index in [-0.39, 0.29) is 40.2 Å². The first-order chi connectivity index (χ1) is 11.8. The summed E-state index contributed by atoms with van der Waals surface area (Å²) in [7, 11) is 0. The second-order valence-corrected chi connectivity index (χ2v) is 5.93. The molecule has 2 heterocycles. The lowest BCUT2D eigenvalue weighted by Crippen LogP contribution is -2.27. The summed E-state index contributed by atoms with van der Waals surface area (Å²) in [6.07, 6.45) is -1.02. The van der Waals surface area contributed by atoms with Crippen molar-refractivity contribution < 1.29 is 17.9 Å². The van der Waals surface area contributed by atoms with Gasteiger partial charge in [-0.2, -0.15) is 0 Å². The Morgan fingerprint density at radius 3 is 2.60 bits per heavy atom. The molecule has 1 unspecified atom stereocenters. The molecule has 2 rings (SSSR count). The molecule has 10 heteroatoms. The average molecular weight is 395 g/mol. The lowest BCUT2D eigenvalue weighted by atomic mass is 10.2. The second kappa shape index (κ2) is 8.53. The highest BCUT2D eigenvalue weighted by atomic mass is 35.5. The van der Waals surface area contributed by atoms with E-state index in [2.05, 4.69) is 20.3 Å². The van der Waals surface area contributed by atoms with Crippen LogP contribution in [0.5, 0.6) is 5.88 Å². The van der Waals surface area contributed by atoms with Gasteiger partial charge >= 0.3 is 0 Å². The number of aryl methyl sites for hydroxylation is 1. The molecule has 0 saturated carbocycles. The number of alkyl halides is 2. The Morgan fingerprint density at radius 1 is 1.28 bits per heavy atom. The highest BCUT2D eigenvalue weighted by Crippen LogP contribution is 2.30. The highest BCUT2D eigenvalue weighted by molar-refractivity contribution is 6.33. The van der Waals surface area contributed by atoms with E-state index in [1.807, 2.05) is 6.92 Å². The number of hydrogen-bond donors (Lipinski definition) is 1. The Labute approximate surface area is 152 Å². The van der Waals surface area contributed by atoms with Crippen LogP contribution in [0.15, 0.2) is 12.3 Å². The Kier molecular flexibility index (Phi) is 6.66. The molecule has 0 aliphatic rings. The number of rotatable bonds is 7. The fourth-order valence-electron chi connectivity index (χ4n) is 1.96. The molecule has 0 amide bonds. The lowest BCUT2D eigenvalue weighted by molar-refractivity contribution is 0.146. The quantitative estimate of drug-likeness (QED) is 0.728. The van der Waals surface area contributed by atoms with E-state index in [0.29, 0.717) is 6.42 Å². The molecule has 1 atom stereocenters. The molecule has 0 bridgehead atoms. The van der Waals surface area contributed by atoms with Crippen molar-refractivity contribution in [2.75, 3.05) is 11.9 Å². The highest BCUT2D eigenvalue weighted by Gasteiger charge is 2.21. The molecule has 2 aromatic heterocycles. The maximum Gasteiger partial charge on any atom is 0.282 e. The van der Waals surface area contributed by atoms with Crippen molar-refractivity contribution in [2.45, 2.75) is 32.7 Å². The van der Waals surface area contributed by atoms with Crippen LogP contribution < -0.4 is 10.1 Å². The zero-order chi connectivity index (χ0) is 18.6. The van der Waals surface area contributed by atoms with Crippen LogP contribution in [0.25, 0.3) is 0 Å². The number of nitrogens with one attached hydrogen (secondary N) is 1. The van der Waals surface area contributed by atoms with Gasteiger partial charge in [0.2, 0.25) is 0 Å². The van der Waals surface area contributed by atoms with Crippen LogP contribution in [0.4, 0.5) is 19.0 Å². The summed E-state index contributed by atoms with van der Waals surface area (Å²) in [5, 5.41) is 2.81. The fourth-order valence-corrected chi connectivity index (χ4v) is 2.33. The van der Waals surface area contributed by atoms with Crippen LogP contribution in [0.2, 0.25) is 10.0 Å². The first kappa shape index (κ1) is 19.5. The summed E-state index contributed by atoms with van der Waals surface area (Å²) in [5.74, 6) is -0.672. The number of anilines is 1. The first-order valence-electron chi connectivity index (χ1n) is 7.34. The van der Waals surface area contributed by atoms with Crippen LogP contribution in [-0.2, 0) is 0 Å². The third-order valence-corrected chi connectivity index (χ3v) is 3.80. The minimum atomic E-state index is -2.82. The minimum absolute atomic E-state index is 0.0193. The summed E-state index contributed by atoms with van der Waals surface area (Å²) >= 11 is 11.6. The molecule has 2 aromatic rings. The third kappa shape index (κ3) is 5.09. The number of hydrogen-bond acceptors (Lipinski definition) is 5. The van der Waals surface area contributed by atoms with E-state index < -0.39 is 17.9 Å². The Balaban J connectivity index is 2.12. The monoisotopic (exact) mass is 394 g/mol. The van der Waals surface area contributed by atoms with Crippen LogP contribution in [0.3, 0.4) is 0 Å². The van der Waals surface area contributed by atoms with Crippen LogP contribution >= 0.6 is 23.2 Å². The van der Waals surface area contributed by atoms with Gasteiger partial charge in [-0.1, -0.05) is 30.1 Å². The molecule has 0 aliphatic heterocycles. The van der Waals surface area contributed by atoms with E-state index in [0.717, 1.165) is 6.07 Å². The molecular formula is C15H15Cl2F3N4O. The molecular weight excluding hydrogens is 380 g/mol. The van der Waals surface area contributed by atoms with Gasteiger partial charge < -0.3 is 10.1 Å². The topological polar surface area (TPSA) is 59.9 Å². The predicted octanol–water partition coefficient (Wildman–Crippen LogP) is 4.83. The molecule has 0 spiro atoms. The fraction of sp³-hybridized carbons (Fsp3) is 0.400. The number of nitrogens with zero attached hydrogens (tertiary/aromatic N) is 3. The van der Waals surface area contributed by atoms with E-state index in [9.17, 15) is 13.2 Å². The number of halogens is 5. The molecule has 25 heavy (non-hydrogen) atoms. The van der Waals surface area contributed by atoms with Gasteiger partial charge in [0.1, 0.15) is 29.0 Å². The normalized spacial score (nSPS) is 12.3. The van der Waals surface area contributed by atoms with Crippen LogP contribution in [0.1, 0.15) is 31.3 Å². The maximum atomic E-state index is 13.7. The van der Waals surface area contributed by atoms with Crippen LogP contribution in [-0.4, -0.2) is 27.6 Å². The smallest absolute Gasteiger partial charge is 0.282 e. The van der Waals surface area contributed by atoms with Crippen molar-refractivity contribution in [1.29, 1.82) is 0 Å². The predicted molar refractivity (Wildman–Crippen MR) is 89.1 cm³/mol. The van der Waals surface area contributed by atoms with Gasteiger partial charge in [0.05, 0.1) is 11.1 Å². The largest absolute Gasteiger partial charge is 0.473 e. The van der Waals surface area contributed by atoms with Gasteiger partial charge in [0.15, 0.2) is 5.82 Å². The molecule has 0 aliphatic carbocycles. The van der Waals surface area contributed by atoms with Crippen molar-refractivity contribution in [1.82, 2.24) is 15.0 Å². The second-order valence-electron chi connectivity index (χ2n) is 5.12. The van der Waals surface area contributed by atoms with Crippen molar-refractivity contribution in [3.63, 3.8) is 0 Å². The van der Waals surface area contributed by atoms with Gasteiger partial charge in [-0.15, -0.1) is 0 Å². The Morgan fingerprint density at radius 2 is 2.00 bits per heavy atom. The van der Waals surface area contributed by atoms with Gasteiger partial charge in [-0.25, -0.2) is 28.1 Å². The Hall–Kier alpha value is -1.80. The molecule has 5 nitrogen and oxygen atoms in total. The average Bonchev–Trinajstić information content (AvgIpc) is 2.55. The molecule has 0 aromatic carbocycles. The first-order valence-corrected chi connectivity index (χ1v) is 8.10. The minimum Gasteiger partial charge on any atom is -0.473 e. The number of ether oxygens (including phenoxy) is 1. The van der Waals surface area contributed by atoms with E-state index in [1.54, 1.807) is 0 Å². The van der Waals surface area contributed by atoms with Crippen molar-refractivity contribution >= 4 is 29.0 Å². The van der Waals surface area contributed by atoms with Gasteiger partial charge in [-0.05, 0) is 19.4 Å². The van der Waals surface area contributed by atoms with Crippen molar-refractivity contribution in [3.05, 3.63) is 39.6 Å². The summed E-state index contributed by atoms with van der Waals surface area (Å²) < 4.78 is 44.9. The third-order valence-electron chi connectivity index (χ3n) is 3.22.